The molecule has 1 heterocycles. The monoisotopic (exact) mass is 170 g/mol. The molecule has 0 saturated carbocycles. The molecule has 0 spiro atoms. The molecule has 0 aromatic rings. The van der Waals surface area contributed by atoms with E-state index in [4.69, 9.17) is 0 Å². The van der Waals surface area contributed by atoms with Crippen LogP contribution in [0.15, 0.2) is 0 Å². The number of nitrogens with one attached hydrogen (secondary N) is 1. The zero-order chi connectivity index (χ0) is 9.14. The van der Waals surface area contributed by atoms with Gasteiger partial charge in [-0.1, -0.05) is 6.92 Å². The molecule has 0 radical (unpaired) electrons. The molecule has 1 amide bonds. The molecule has 1 aliphatic rings. The van der Waals surface area contributed by atoms with Gasteiger partial charge in [-0.05, 0) is 13.3 Å². The molecule has 3 heteroatoms. The molecular weight excluding hydrogens is 152 g/mol. The van der Waals surface area contributed by atoms with E-state index in [-0.39, 0.29) is 5.91 Å². The quantitative estimate of drug-likeness (QED) is 0.625. The lowest BCUT2D eigenvalue weighted by Crippen LogP contribution is -2.56. The van der Waals surface area contributed by atoms with Crippen LogP contribution in [-0.2, 0) is 4.79 Å². The van der Waals surface area contributed by atoms with Crippen LogP contribution >= 0.6 is 0 Å². The second-order valence-corrected chi connectivity index (χ2v) is 3.54. The van der Waals surface area contributed by atoms with Gasteiger partial charge in [-0.3, -0.25) is 4.79 Å². The van der Waals surface area contributed by atoms with Crippen molar-refractivity contribution in [3.63, 3.8) is 0 Å². The first-order valence-electron chi connectivity index (χ1n) is 4.65. The molecule has 2 atom stereocenters. The molecule has 12 heavy (non-hydrogen) atoms. The molecular formula is C9H18N2O. The molecule has 0 aromatic heterocycles. The fraction of sp³-hybridized carbons (Fsp3) is 0.889. The Morgan fingerprint density at radius 1 is 1.67 bits per heavy atom. The zero-order valence-electron chi connectivity index (χ0n) is 8.13. The predicted octanol–water partition coefficient (Wildman–Crippen LogP) is 0.605. The zero-order valence-corrected chi connectivity index (χ0v) is 8.13. The largest absolute Gasteiger partial charge is 0.337 e. The number of rotatable bonds is 1. The fourth-order valence-electron chi connectivity index (χ4n) is 1.71. The Morgan fingerprint density at radius 2 is 2.33 bits per heavy atom. The summed E-state index contributed by atoms with van der Waals surface area (Å²) in [4.78, 5) is 13.2. The normalized spacial score (nSPS) is 30.4. The average Bonchev–Trinajstić information content (AvgIpc) is 2.04. The third kappa shape index (κ3) is 1.97. The van der Waals surface area contributed by atoms with Crippen molar-refractivity contribution >= 4 is 5.91 Å². The highest BCUT2D eigenvalue weighted by molar-refractivity contribution is 5.73. The SMILES string of the molecule is CC[C@H]1CN[C@H](C)CN1C(C)=O. The van der Waals surface area contributed by atoms with Crippen molar-refractivity contribution in [3.8, 4) is 0 Å². The first-order valence-corrected chi connectivity index (χ1v) is 4.65. The van der Waals surface area contributed by atoms with Crippen molar-refractivity contribution in [1.29, 1.82) is 0 Å². The highest BCUT2D eigenvalue weighted by atomic mass is 16.2. The van der Waals surface area contributed by atoms with Crippen molar-refractivity contribution in [2.75, 3.05) is 13.1 Å². The summed E-state index contributed by atoms with van der Waals surface area (Å²) in [6.07, 6.45) is 1.04. The van der Waals surface area contributed by atoms with Crippen LogP contribution in [0.4, 0.5) is 0 Å². The van der Waals surface area contributed by atoms with E-state index < -0.39 is 0 Å². The molecule has 1 fully saturated rings. The van der Waals surface area contributed by atoms with E-state index in [1.54, 1.807) is 6.92 Å². The van der Waals surface area contributed by atoms with E-state index in [0.717, 1.165) is 19.5 Å². The number of carbonyl (C=O) groups excluding carboxylic acids is 1. The summed E-state index contributed by atoms with van der Waals surface area (Å²) in [7, 11) is 0. The molecule has 1 aliphatic heterocycles. The lowest BCUT2D eigenvalue weighted by atomic mass is 10.1. The summed E-state index contributed by atoms with van der Waals surface area (Å²) in [5.74, 6) is 0.204. The maximum absolute atomic E-state index is 11.2. The van der Waals surface area contributed by atoms with Crippen LogP contribution in [0, 0.1) is 0 Å². The Kier molecular flexibility index (Phi) is 3.09. The van der Waals surface area contributed by atoms with Crippen molar-refractivity contribution in [1.82, 2.24) is 10.2 Å². The Bertz CT molecular complexity index is 170. The van der Waals surface area contributed by atoms with Crippen LogP contribution in [0.2, 0.25) is 0 Å². The van der Waals surface area contributed by atoms with E-state index in [1.807, 2.05) is 4.90 Å². The summed E-state index contributed by atoms with van der Waals surface area (Å²) < 4.78 is 0. The Labute approximate surface area is 74.1 Å². The summed E-state index contributed by atoms with van der Waals surface area (Å²) in [5, 5.41) is 3.37. The van der Waals surface area contributed by atoms with Crippen LogP contribution < -0.4 is 5.32 Å². The summed E-state index contributed by atoms with van der Waals surface area (Å²) in [6, 6.07) is 0.843. The minimum atomic E-state index is 0.204. The average molecular weight is 170 g/mol. The highest BCUT2D eigenvalue weighted by Crippen LogP contribution is 2.09. The molecule has 0 bridgehead atoms. The van der Waals surface area contributed by atoms with Crippen LogP contribution in [0.3, 0.4) is 0 Å². The molecule has 1 N–H and O–H groups in total. The van der Waals surface area contributed by atoms with Gasteiger partial charge in [0.25, 0.3) is 0 Å². The molecule has 1 rings (SSSR count). The van der Waals surface area contributed by atoms with Gasteiger partial charge in [-0.25, -0.2) is 0 Å². The van der Waals surface area contributed by atoms with E-state index >= 15 is 0 Å². The minimum Gasteiger partial charge on any atom is -0.337 e. The van der Waals surface area contributed by atoms with Gasteiger partial charge in [0.15, 0.2) is 0 Å². The van der Waals surface area contributed by atoms with Crippen LogP contribution in [0.25, 0.3) is 0 Å². The summed E-state index contributed by atoms with van der Waals surface area (Å²) in [6.45, 7) is 7.69. The lowest BCUT2D eigenvalue weighted by Gasteiger charge is -2.38. The number of piperazine rings is 1. The van der Waals surface area contributed by atoms with Gasteiger partial charge >= 0.3 is 0 Å². The van der Waals surface area contributed by atoms with Gasteiger partial charge in [0.05, 0.1) is 0 Å². The van der Waals surface area contributed by atoms with Crippen molar-refractivity contribution in [2.24, 2.45) is 0 Å². The van der Waals surface area contributed by atoms with E-state index in [0.29, 0.717) is 12.1 Å². The smallest absolute Gasteiger partial charge is 0.219 e. The van der Waals surface area contributed by atoms with Gasteiger partial charge in [-0.2, -0.15) is 0 Å². The second kappa shape index (κ2) is 3.90. The topological polar surface area (TPSA) is 32.3 Å². The van der Waals surface area contributed by atoms with Gasteiger partial charge in [0.2, 0.25) is 5.91 Å². The van der Waals surface area contributed by atoms with Crippen LogP contribution in [-0.4, -0.2) is 36.0 Å². The number of hydrogen-bond acceptors (Lipinski definition) is 2. The van der Waals surface area contributed by atoms with E-state index in [2.05, 4.69) is 19.2 Å². The molecule has 0 aliphatic carbocycles. The number of amides is 1. The molecule has 3 nitrogen and oxygen atoms in total. The molecule has 0 unspecified atom stereocenters. The maximum atomic E-state index is 11.2. The summed E-state index contributed by atoms with van der Waals surface area (Å²) >= 11 is 0. The first-order chi connectivity index (χ1) is 5.65. The maximum Gasteiger partial charge on any atom is 0.219 e. The fourth-order valence-corrected chi connectivity index (χ4v) is 1.71. The van der Waals surface area contributed by atoms with Gasteiger partial charge in [0, 0.05) is 32.1 Å². The Hall–Kier alpha value is -0.570. The number of carbonyl (C=O) groups is 1. The molecule has 0 aromatic carbocycles. The standard InChI is InChI=1S/C9H18N2O/c1-4-9-5-10-7(2)6-11(9)8(3)12/h7,9-10H,4-6H2,1-3H3/t7-,9+/m1/s1. The first kappa shape index (κ1) is 9.52. The Morgan fingerprint density at radius 3 is 2.83 bits per heavy atom. The number of hydrogen-bond donors (Lipinski definition) is 1. The third-order valence-electron chi connectivity index (χ3n) is 2.49. The summed E-state index contributed by atoms with van der Waals surface area (Å²) in [5.41, 5.74) is 0. The minimum absolute atomic E-state index is 0.204. The predicted molar refractivity (Wildman–Crippen MR) is 48.9 cm³/mol. The van der Waals surface area contributed by atoms with Crippen molar-refractivity contribution in [3.05, 3.63) is 0 Å². The van der Waals surface area contributed by atoms with E-state index in [9.17, 15) is 4.79 Å². The van der Waals surface area contributed by atoms with Gasteiger partial charge in [-0.15, -0.1) is 0 Å². The van der Waals surface area contributed by atoms with Crippen molar-refractivity contribution < 1.29 is 4.79 Å². The van der Waals surface area contributed by atoms with Crippen molar-refractivity contribution in [2.45, 2.75) is 39.3 Å². The van der Waals surface area contributed by atoms with Gasteiger partial charge < -0.3 is 10.2 Å². The Balaban J connectivity index is 2.58. The molecule has 1 saturated heterocycles. The van der Waals surface area contributed by atoms with E-state index in [1.165, 1.54) is 0 Å². The second-order valence-electron chi connectivity index (χ2n) is 3.54. The molecule has 70 valence electrons. The lowest BCUT2D eigenvalue weighted by molar-refractivity contribution is -0.132. The van der Waals surface area contributed by atoms with Gasteiger partial charge in [0.1, 0.15) is 0 Å². The highest BCUT2D eigenvalue weighted by Gasteiger charge is 2.25. The van der Waals surface area contributed by atoms with Crippen LogP contribution in [0.5, 0.6) is 0 Å². The third-order valence-corrected chi connectivity index (χ3v) is 2.49. The number of nitrogens with zero attached hydrogens (tertiary/aromatic N) is 1. The van der Waals surface area contributed by atoms with Crippen LogP contribution in [0.1, 0.15) is 27.2 Å².